The van der Waals surface area contributed by atoms with E-state index in [9.17, 15) is 14.8 Å². The van der Waals surface area contributed by atoms with E-state index in [1.165, 1.54) is 5.57 Å². The van der Waals surface area contributed by atoms with Crippen LogP contribution in [0.15, 0.2) is 29.0 Å². The molecule has 1 atom stereocenters. The van der Waals surface area contributed by atoms with E-state index in [4.69, 9.17) is 4.74 Å². The van der Waals surface area contributed by atoms with Crippen molar-refractivity contribution in [1.82, 2.24) is 0 Å². The van der Waals surface area contributed by atoms with Gasteiger partial charge in [0.2, 0.25) is 0 Å². The second-order valence-corrected chi connectivity index (χ2v) is 7.95. The summed E-state index contributed by atoms with van der Waals surface area (Å²) in [7, 11) is 0. The van der Waals surface area contributed by atoms with Crippen LogP contribution in [0.4, 0.5) is 0 Å². The molecule has 5 nitrogen and oxygen atoms in total. The van der Waals surface area contributed by atoms with Gasteiger partial charge in [0.05, 0.1) is 11.1 Å². The summed E-state index contributed by atoms with van der Waals surface area (Å²) in [6.45, 7) is 8.20. The fourth-order valence-electron chi connectivity index (χ4n) is 3.53. The van der Waals surface area contributed by atoms with Crippen LogP contribution < -0.4 is 4.74 Å². The van der Waals surface area contributed by atoms with Crippen LogP contribution >= 0.6 is 0 Å². The summed E-state index contributed by atoms with van der Waals surface area (Å²) < 4.78 is 6.22. The smallest absolute Gasteiger partial charge is 0.320 e. The molecule has 1 aromatic rings. The van der Waals surface area contributed by atoms with Crippen molar-refractivity contribution in [3.63, 3.8) is 0 Å². The Labute approximate surface area is 167 Å². The van der Waals surface area contributed by atoms with E-state index in [2.05, 4.69) is 32.0 Å². The number of amides is 1. The van der Waals surface area contributed by atoms with Crippen LogP contribution in [0.3, 0.4) is 0 Å². The normalized spacial score (nSPS) is 17.6. The second-order valence-electron chi connectivity index (χ2n) is 7.95. The standard InChI is InChI=1S/C23H31NO4/c1-5-6-7-11-17-15-19(25)18-12-14-23(4,13-9-8-10-16(2)3)28-21(18)20(17)22(26)24-27/h10,12,14-15,25H,5-9,11,13H2,1-4H3. The highest BCUT2D eigenvalue weighted by Crippen LogP contribution is 2.43. The van der Waals surface area contributed by atoms with Crippen molar-refractivity contribution >= 4 is 12.0 Å². The molecule has 2 rings (SSSR count). The van der Waals surface area contributed by atoms with Crippen LogP contribution in [0.25, 0.3) is 6.08 Å². The Kier molecular flexibility index (Phi) is 7.55. The van der Waals surface area contributed by atoms with E-state index in [0.717, 1.165) is 38.5 Å². The molecular formula is C23H31NO4. The van der Waals surface area contributed by atoms with E-state index >= 15 is 0 Å². The highest BCUT2D eigenvalue weighted by molar-refractivity contribution is 6.01. The van der Waals surface area contributed by atoms with E-state index in [1.54, 1.807) is 12.1 Å². The number of benzene rings is 1. The van der Waals surface area contributed by atoms with Gasteiger partial charge in [-0.25, -0.2) is 0 Å². The minimum atomic E-state index is -0.843. The number of nitroso groups, excluding NO2 is 1. The number of ether oxygens (including phenoxy) is 1. The summed E-state index contributed by atoms with van der Waals surface area (Å²) in [5.74, 6) is -0.500. The minimum absolute atomic E-state index is 0.0618. The van der Waals surface area contributed by atoms with Crippen LogP contribution in [-0.2, 0) is 6.42 Å². The number of carbonyl (C=O) groups excluding carboxylic acids is 1. The fraction of sp³-hybridized carbons (Fsp3) is 0.522. The van der Waals surface area contributed by atoms with Crippen LogP contribution in [0.2, 0.25) is 0 Å². The first-order chi connectivity index (χ1) is 13.3. The summed E-state index contributed by atoms with van der Waals surface area (Å²) >= 11 is 0. The van der Waals surface area contributed by atoms with Crippen molar-refractivity contribution in [2.75, 3.05) is 0 Å². The topological polar surface area (TPSA) is 76.0 Å². The van der Waals surface area contributed by atoms with Crippen LogP contribution in [0, 0.1) is 4.91 Å². The molecule has 5 heteroatoms. The lowest BCUT2D eigenvalue weighted by molar-refractivity contribution is 0.0972. The van der Waals surface area contributed by atoms with E-state index in [0.29, 0.717) is 17.5 Å². The lowest BCUT2D eigenvalue weighted by Crippen LogP contribution is -2.33. The van der Waals surface area contributed by atoms with Crippen LogP contribution in [0.1, 0.15) is 87.7 Å². The largest absolute Gasteiger partial charge is 0.507 e. The molecule has 0 aliphatic carbocycles. The lowest BCUT2D eigenvalue weighted by atomic mass is 9.90. The van der Waals surface area contributed by atoms with E-state index < -0.39 is 11.5 Å². The second kappa shape index (κ2) is 9.67. The minimum Gasteiger partial charge on any atom is -0.507 e. The number of aryl methyl sites for hydroxylation is 1. The summed E-state index contributed by atoms with van der Waals surface area (Å²) in [4.78, 5) is 23.4. The number of rotatable bonds is 9. The number of fused-ring (bicyclic) bond motifs is 1. The van der Waals surface area contributed by atoms with Gasteiger partial charge in [-0.15, -0.1) is 4.91 Å². The molecule has 0 fully saturated rings. The van der Waals surface area contributed by atoms with Gasteiger partial charge in [-0.3, -0.25) is 4.79 Å². The van der Waals surface area contributed by atoms with Crippen LogP contribution in [0.5, 0.6) is 11.5 Å². The summed E-state index contributed by atoms with van der Waals surface area (Å²) in [5.41, 5.74) is 1.93. The molecule has 1 amide bonds. The van der Waals surface area contributed by atoms with Crippen molar-refractivity contribution in [2.24, 2.45) is 5.18 Å². The Bertz CT molecular complexity index is 790. The maximum Gasteiger partial charge on any atom is 0.320 e. The number of unbranched alkanes of at least 4 members (excludes halogenated alkanes) is 3. The number of aromatic hydroxyl groups is 1. The highest BCUT2D eigenvalue weighted by atomic mass is 16.5. The summed E-state index contributed by atoms with van der Waals surface area (Å²) in [5, 5.41) is 13.1. The summed E-state index contributed by atoms with van der Waals surface area (Å²) in [6.07, 6.45) is 12.0. The zero-order valence-electron chi connectivity index (χ0n) is 17.4. The Balaban J connectivity index is 2.36. The number of hydrogen-bond acceptors (Lipinski definition) is 4. The Morgan fingerprint density at radius 1 is 1.29 bits per heavy atom. The molecule has 1 aliphatic rings. The molecule has 1 unspecified atom stereocenters. The van der Waals surface area contributed by atoms with Crippen molar-refractivity contribution in [2.45, 2.75) is 78.2 Å². The first-order valence-corrected chi connectivity index (χ1v) is 10.1. The molecule has 1 N–H and O–H groups in total. The van der Waals surface area contributed by atoms with Crippen LogP contribution in [-0.4, -0.2) is 16.6 Å². The fourth-order valence-corrected chi connectivity index (χ4v) is 3.53. The van der Waals surface area contributed by atoms with Gasteiger partial charge in [-0.1, -0.05) is 31.4 Å². The van der Waals surface area contributed by atoms with Crippen molar-refractivity contribution in [3.8, 4) is 11.5 Å². The average Bonchev–Trinajstić information content (AvgIpc) is 2.65. The predicted octanol–water partition coefficient (Wildman–Crippen LogP) is 6.33. The number of nitrogens with zero attached hydrogens (tertiary/aromatic N) is 1. The highest BCUT2D eigenvalue weighted by Gasteiger charge is 2.33. The average molecular weight is 386 g/mol. The van der Waals surface area contributed by atoms with Crippen molar-refractivity contribution in [3.05, 3.63) is 45.4 Å². The molecule has 0 saturated carbocycles. The SMILES string of the molecule is CCCCCc1cc(O)c2c(c1C(=O)N=O)OC(C)(CCCC=C(C)C)C=C2. The number of carbonyl (C=O) groups is 1. The molecular weight excluding hydrogens is 354 g/mol. The maximum absolute atomic E-state index is 12.3. The predicted molar refractivity (Wildman–Crippen MR) is 113 cm³/mol. The molecule has 0 spiro atoms. The van der Waals surface area contributed by atoms with E-state index in [-0.39, 0.29) is 17.1 Å². The Morgan fingerprint density at radius 3 is 2.68 bits per heavy atom. The van der Waals surface area contributed by atoms with Gasteiger partial charge in [0, 0.05) is 5.18 Å². The third-order valence-corrected chi connectivity index (χ3v) is 5.09. The molecule has 1 aromatic carbocycles. The monoisotopic (exact) mass is 385 g/mol. The zero-order chi connectivity index (χ0) is 20.7. The van der Waals surface area contributed by atoms with Gasteiger partial charge in [0.15, 0.2) is 0 Å². The molecule has 0 aromatic heterocycles. The van der Waals surface area contributed by atoms with Gasteiger partial charge < -0.3 is 9.84 Å². The molecule has 0 radical (unpaired) electrons. The maximum atomic E-state index is 12.3. The molecule has 1 aliphatic heterocycles. The molecule has 1 heterocycles. The molecule has 152 valence electrons. The zero-order valence-corrected chi connectivity index (χ0v) is 17.4. The first kappa shape index (κ1) is 21.9. The lowest BCUT2D eigenvalue weighted by Gasteiger charge is -2.33. The van der Waals surface area contributed by atoms with Gasteiger partial charge in [-0.2, -0.15) is 0 Å². The van der Waals surface area contributed by atoms with Crippen molar-refractivity contribution in [1.29, 1.82) is 0 Å². The first-order valence-electron chi connectivity index (χ1n) is 10.1. The number of hydrogen-bond donors (Lipinski definition) is 1. The number of phenols is 1. The third kappa shape index (κ3) is 5.31. The van der Waals surface area contributed by atoms with Gasteiger partial charge >= 0.3 is 5.91 Å². The Morgan fingerprint density at radius 2 is 2.04 bits per heavy atom. The number of phenolic OH excluding ortho intramolecular Hbond substituents is 1. The summed E-state index contributed by atoms with van der Waals surface area (Å²) in [6, 6.07) is 1.57. The van der Waals surface area contributed by atoms with Crippen molar-refractivity contribution < 1.29 is 14.6 Å². The quantitative estimate of drug-likeness (QED) is 0.306. The molecule has 0 saturated heterocycles. The molecule has 28 heavy (non-hydrogen) atoms. The van der Waals surface area contributed by atoms with E-state index in [1.807, 2.05) is 13.0 Å². The van der Waals surface area contributed by atoms with Gasteiger partial charge in [0.1, 0.15) is 17.1 Å². The molecule has 0 bridgehead atoms. The van der Waals surface area contributed by atoms with Gasteiger partial charge in [-0.05, 0) is 76.7 Å². The van der Waals surface area contributed by atoms with Gasteiger partial charge in [0.25, 0.3) is 0 Å². The Hall–Kier alpha value is -2.43. The number of allylic oxidation sites excluding steroid dienone is 2. The third-order valence-electron chi connectivity index (χ3n) is 5.09.